The molecule has 1 aromatic carbocycles. The summed E-state index contributed by atoms with van der Waals surface area (Å²) in [6.07, 6.45) is 5.79. The van der Waals surface area contributed by atoms with Crippen LogP contribution in [0.4, 0.5) is 0 Å². The van der Waals surface area contributed by atoms with Crippen LogP contribution in [-0.4, -0.2) is 13.1 Å². The van der Waals surface area contributed by atoms with Crippen molar-refractivity contribution in [3.8, 4) is 0 Å². The maximum atomic E-state index is 5.16. The number of nitrogens with one attached hydrogen (secondary N) is 1. The molecular weight excluding hydrogens is 222 g/mol. The summed E-state index contributed by atoms with van der Waals surface area (Å²) >= 11 is 0. The molecule has 2 nitrogen and oxygen atoms in total. The van der Waals surface area contributed by atoms with Crippen LogP contribution in [0.3, 0.4) is 0 Å². The Labute approximate surface area is 109 Å². The zero-order chi connectivity index (χ0) is 12.6. The van der Waals surface area contributed by atoms with Gasteiger partial charge < -0.3 is 9.73 Å². The van der Waals surface area contributed by atoms with Gasteiger partial charge in [-0.25, -0.2) is 0 Å². The van der Waals surface area contributed by atoms with E-state index in [4.69, 9.17) is 4.42 Å². The Hall–Kier alpha value is -1.54. The van der Waals surface area contributed by atoms with Gasteiger partial charge in [0.2, 0.25) is 0 Å². The van der Waals surface area contributed by atoms with Crippen molar-refractivity contribution in [2.24, 2.45) is 0 Å². The molecule has 0 aliphatic carbocycles. The van der Waals surface area contributed by atoms with Gasteiger partial charge in [-0.2, -0.15) is 0 Å². The van der Waals surface area contributed by atoms with Crippen LogP contribution in [0.5, 0.6) is 0 Å². The number of furan rings is 1. The van der Waals surface area contributed by atoms with E-state index in [1.54, 1.807) is 6.26 Å². The molecule has 0 fully saturated rings. The first-order valence-corrected chi connectivity index (χ1v) is 6.67. The van der Waals surface area contributed by atoms with Crippen molar-refractivity contribution in [2.45, 2.75) is 25.7 Å². The van der Waals surface area contributed by atoms with E-state index in [1.807, 2.05) is 6.26 Å². The minimum absolute atomic E-state index is 0.510. The summed E-state index contributed by atoms with van der Waals surface area (Å²) in [6.45, 7) is 4.29. The molecule has 1 unspecified atom stereocenters. The van der Waals surface area contributed by atoms with E-state index in [9.17, 15) is 0 Å². The molecule has 0 bridgehead atoms. The predicted molar refractivity (Wildman–Crippen MR) is 74.8 cm³/mol. The van der Waals surface area contributed by atoms with Gasteiger partial charge in [0.1, 0.15) is 0 Å². The minimum Gasteiger partial charge on any atom is -0.472 e. The van der Waals surface area contributed by atoms with Gasteiger partial charge in [-0.1, -0.05) is 37.3 Å². The molecule has 0 saturated heterocycles. The fraction of sp³-hybridized carbons (Fsp3) is 0.375. The molecule has 2 heteroatoms. The Morgan fingerprint density at radius 1 is 1.17 bits per heavy atom. The Morgan fingerprint density at radius 3 is 2.67 bits per heavy atom. The number of benzene rings is 1. The van der Waals surface area contributed by atoms with Crippen LogP contribution in [-0.2, 0) is 6.42 Å². The molecule has 0 amide bonds. The van der Waals surface area contributed by atoms with Crippen molar-refractivity contribution in [2.75, 3.05) is 13.1 Å². The van der Waals surface area contributed by atoms with Crippen LogP contribution in [0, 0.1) is 0 Å². The standard InChI is InChI=1S/C16H21NO/c1-2-9-17-12-16(11-14-8-10-18-13-14)15-6-4-3-5-7-15/h3-8,10,13,16-17H,2,9,11-12H2,1H3. The molecule has 2 rings (SSSR count). The molecule has 0 saturated carbocycles. The predicted octanol–water partition coefficient (Wildman–Crippen LogP) is 3.61. The highest BCUT2D eigenvalue weighted by atomic mass is 16.3. The topological polar surface area (TPSA) is 25.2 Å². The van der Waals surface area contributed by atoms with Crippen LogP contribution in [0.15, 0.2) is 53.3 Å². The van der Waals surface area contributed by atoms with Gasteiger partial charge in [-0.05, 0) is 36.6 Å². The van der Waals surface area contributed by atoms with Gasteiger partial charge in [0.25, 0.3) is 0 Å². The molecule has 0 aliphatic rings. The maximum absolute atomic E-state index is 5.16. The zero-order valence-electron chi connectivity index (χ0n) is 10.9. The molecular formula is C16H21NO. The summed E-state index contributed by atoms with van der Waals surface area (Å²) < 4.78 is 5.16. The quantitative estimate of drug-likeness (QED) is 0.752. The monoisotopic (exact) mass is 243 g/mol. The minimum atomic E-state index is 0.510. The lowest BCUT2D eigenvalue weighted by molar-refractivity contribution is 0.551. The van der Waals surface area contributed by atoms with Crippen LogP contribution >= 0.6 is 0 Å². The molecule has 1 atom stereocenters. The fourth-order valence-electron chi connectivity index (χ4n) is 2.18. The lowest BCUT2D eigenvalue weighted by Gasteiger charge is -2.17. The maximum Gasteiger partial charge on any atom is 0.0934 e. The van der Waals surface area contributed by atoms with Gasteiger partial charge in [-0.15, -0.1) is 0 Å². The van der Waals surface area contributed by atoms with Gasteiger partial charge in [0.15, 0.2) is 0 Å². The molecule has 18 heavy (non-hydrogen) atoms. The van der Waals surface area contributed by atoms with Gasteiger partial charge in [-0.3, -0.25) is 0 Å². The second-order valence-electron chi connectivity index (χ2n) is 4.65. The van der Waals surface area contributed by atoms with Crippen LogP contribution in [0.25, 0.3) is 0 Å². The smallest absolute Gasteiger partial charge is 0.0934 e. The van der Waals surface area contributed by atoms with E-state index >= 15 is 0 Å². The van der Waals surface area contributed by atoms with Crippen LogP contribution in [0.1, 0.15) is 30.4 Å². The summed E-state index contributed by atoms with van der Waals surface area (Å²) in [5.41, 5.74) is 2.66. The number of rotatable bonds is 7. The molecule has 0 aliphatic heterocycles. The van der Waals surface area contributed by atoms with Gasteiger partial charge in [0, 0.05) is 12.5 Å². The average molecular weight is 243 g/mol. The van der Waals surface area contributed by atoms with E-state index in [-0.39, 0.29) is 0 Å². The van der Waals surface area contributed by atoms with Crippen molar-refractivity contribution in [3.05, 3.63) is 60.1 Å². The second-order valence-corrected chi connectivity index (χ2v) is 4.65. The molecule has 0 spiro atoms. The molecule has 0 radical (unpaired) electrons. The van der Waals surface area contributed by atoms with Gasteiger partial charge in [0.05, 0.1) is 12.5 Å². The van der Waals surface area contributed by atoms with Crippen LogP contribution in [0.2, 0.25) is 0 Å². The van der Waals surface area contributed by atoms with E-state index < -0.39 is 0 Å². The summed E-state index contributed by atoms with van der Waals surface area (Å²) in [4.78, 5) is 0. The highest BCUT2D eigenvalue weighted by Gasteiger charge is 2.12. The Balaban J connectivity index is 2.03. The molecule has 1 heterocycles. The lowest BCUT2D eigenvalue weighted by Crippen LogP contribution is -2.23. The second kappa shape index (κ2) is 7.02. The summed E-state index contributed by atoms with van der Waals surface area (Å²) in [6, 6.07) is 12.7. The molecule has 1 aromatic heterocycles. The third kappa shape index (κ3) is 3.74. The fourth-order valence-corrected chi connectivity index (χ4v) is 2.18. The first-order chi connectivity index (χ1) is 8.90. The van der Waals surface area contributed by atoms with E-state index in [1.165, 1.54) is 17.5 Å². The SMILES string of the molecule is CCCNCC(Cc1ccoc1)c1ccccc1. The Kier molecular flexibility index (Phi) is 5.03. The van der Waals surface area contributed by atoms with Crippen molar-refractivity contribution in [3.63, 3.8) is 0 Å². The average Bonchev–Trinajstić information content (AvgIpc) is 2.92. The van der Waals surface area contributed by atoms with Crippen molar-refractivity contribution < 1.29 is 4.42 Å². The Morgan fingerprint density at radius 2 is 2.00 bits per heavy atom. The number of hydrogen-bond acceptors (Lipinski definition) is 2. The lowest BCUT2D eigenvalue weighted by atomic mass is 9.93. The largest absolute Gasteiger partial charge is 0.472 e. The van der Waals surface area contributed by atoms with Gasteiger partial charge >= 0.3 is 0 Å². The molecule has 96 valence electrons. The van der Waals surface area contributed by atoms with Crippen molar-refractivity contribution >= 4 is 0 Å². The zero-order valence-corrected chi connectivity index (χ0v) is 10.9. The molecule has 2 aromatic rings. The highest BCUT2D eigenvalue weighted by molar-refractivity contribution is 5.23. The summed E-state index contributed by atoms with van der Waals surface area (Å²) in [7, 11) is 0. The molecule has 1 N–H and O–H groups in total. The number of hydrogen-bond donors (Lipinski definition) is 1. The first kappa shape index (κ1) is 12.9. The van der Waals surface area contributed by atoms with Crippen molar-refractivity contribution in [1.82, 2.24) is 5.32 Å². The summed E-state index contributed by atoms with van der Waals surface area (Å²) in [5, 5.41) is 3.52. The van der Waals surface area contributed by atoms with E-state index in [2.05, 4.69) is 48.6 Å². The highest BCUT2D eigenvalue weighted by Crippen LogP contribution is 2.20. The van der Waals surface area contributed by atoms with Crippen molar-refractivity contribution in [1.29, 1.82) is 0 Å². The van der Waals surface area contributed by atoms with Crippen LogP contribution < -0.4 is 5.32 Å². The third-order valence-corrected chi connectivity index (χ3v) is 3.15. The van der Waals surface area contributed by atoms with E-state index in [0.29, 0.717) is 5.92 Å². The third-order valence-electron chi connectivity index (χ3n) is 3.15. The normalized spacial score (nSPS) is 12.5. The van der Waals surface area contributed by atoms with E-state index in [0.717, 1.165) is 19.5 Å². The Bertz CT molecular complexity index is 422. The summed E-state index contributed by atoms with van der Waals surface area (Å²) in [5.74, 6) is 0.510. The first-order valence-electron chi connectivity index (χ1n) is 6.67.